The first-order valence-electron chi connectivity index (χ1n) is 10.0. The first-order chi connectivity index (χ1) is 15.0. The lowest BCUT2D eigenvalue weighted by Gasteiger charge is -2.36. The lowest BCUT2D eigenvalue weighted by Crippen LogP contribution is -2.49. The monoisotopic (exact) mass is 441 g/mol. The number of carbonyl (C=O) groups excluding carboxylic acids is 1. The molecule has 2 aromatic carbocycles. The van der Waals surface area contributed by atoms with Crippen molar-refractivity contribution in [2.45, 2.75) is 6.92 Å². The summed E-state index contributed by atoms with van der Waals surface area (Å²) in [5.74, 6) is 0.671. The van der Waals surface area contributed by atoms with Gasteiger partial charge in [0.15, 0.2) is 0 Å². The van der Waals surface area contributed by atoms with Gasteiger partial charge in [0, 0.05) is 42.8 Å². The molecule has 1 fully saturated rings. The van der Waals surface area contributed by atoms with Crippen LogP contribution in [0.5, 0.6) is 11.5 Å². The SMILES string of the molecule is COc1cccc(N2CCN(C(=O)c3nc(-c4c(F)cccc4OC)sc3C)CC2)c1. The fourth-order valence-electron chi connectivity index (χ4n) is 3.71. The fourth-order valence-corrected chi connectivity index (χ4v) is 4.67. The second kappa shape index (κ2) is 8.93. The molecule has 162 valence electrons. The molecular formula is C23H24FN3O3S. The maximum absolute atomic E-state index is 14.5. The number of amides is 1. The summed E-state index contributed by atoms with van der Waals surface area (Å²) in [5, 5.41) is 0.450. The Hall–Kier alpha value is -3.13. The van der Waals surface area contributed by atoms with E-state index in [1.54, 1.807) is 24.1 Å². The summed E-state index contributed by atoms with van der Waals surface area (Å²) in [5.41, 5.74) is 1.74. The molecule has 0 N–H and O–H groups in total. The van der Waals surface area contributed by atoms with Crippen LogP contribution in [-0.2, 0) is 0 Å². The Labute approximate surface area is 184 Å². The van der Waals surface area contributed by atoms with Gasteiger partial charge in [-0.25, -0.2) is 9.37 Å². The normalized spacial score (nSPS) is 13.9. The average Bonchev–Trinajstić information content (AvgIpc) is 3.19. The maximum Gasteiger partial charge on any atom is 0.273 e. The number of halogens is 1. The first kappa shape index (κ1) is 21.1. The van der Waals surface area contributed by atoms with Crippen LogP contribution in [0.2, 0.25) is 0 Å². The van der Waals surface area contributed by atoms with Gasteiger partial charge in [-0.05, 0) is 31.2 Å². The maximum atomic E-state index is 14.5. The zero-order valence-electron chi connectivity index (χ0n) is 17.7. The average molecular weight is 442 g/mol. The molecule has 1 aliphatic rings. The summed E-state index contributed by atoms with van der Waals surface area (Å²) in [7, 11) is 3.14. The molecule has 1 saturated heterocycles. The largest absolute Gasteiger partial charge is 0.497 e. The minimum absolute atomic E-state index is 0.124. The minimum Gasteiger partial charge on any atom is -0.497 e. The van der Waals surface area contributed by atoms with Gasteiger partial charge in [-0.15, -0.1) is 11.3 Å². The molecule has 0 saturated carbocycles. The quantitative estimate of drug-likeness (QED) is 0.593. The van der Waals surface area contributed by atoms with Crippen molar-refractivity contribution < 1.29 is 18.7 Å². The number of carbonyl (C=O) groups is 1. The van der Waals surface area contributed by atoms with E-state index in [1.165, 1.54) is 24.5 Å². The van der Waals surface area contributed by atoms with Gasteiger partial charge in [0.2, 0.25) is 0 Å². The molecule has 2 heterocycles. The Balaban J connectivity index is 1.50. The van der Waals surface area contributed by atoms with Gasteiger partial charge in [0.25, 0.3) is 5.91 Å². The highest BCUT2D eigenvalue weighted by Crippen LogP contribution is 2.36. The van der Waals surface area contributed by atoms with Crippen molar-refractivity contribution in [2.75, 3.05) is 45.3 Å². The summed E-state index contributed by atoms with van der Waals surface area (Å²) < 4.78 is 25.1. The molecule has 0 aliphatic carbocycles. The summed E-state index contributed by atoms with van der Waals surface area (Å²) in [6.07, 6.45) is 0. The number of piperazine rings is 1. The van der Waals surface area contributed by atoms with Crippen molar-refractivity contribution in [1.82, 2.24) is 9.88 Å². The number of aryl methyl sites for hydroxylation is 1. The second-order valence-corrected chi connectivity index (χ2v) is 8.42. The van der Waals surface area contributed by atoms with E-state index in [4.69, 9.17) is 9.47 Å². The van der Waals surface area contributed by atoms with Gasteiger partial charge in [-0.1, -0.05) is 12.1 Å². The number of ether oxygens (including phenoxy) is 2. The number of benzene rings is 2. The van der Waals surface area contributed by atoms with E-state index in [0.717, 1.165) is 29.4 Å². The van der Waals surface area contributed by atoms with Crippen molar-refractivity contribution in [3.05, 3.63) is 58.9 Å². The van der Waals surface area contributed by atoms with E-state index in [0.29, 0.717) is 35.1 Å². The van der Waals surface area contributed by atoms with Crippen molar-refractivity contribution in [2.24, 2.45) is 0 Å². The van der Waals surface area contributed by atoms with E-state index in [1.807, 2.05) is 31.2 Å². The van der Waals surface area contributed by atoms with Crippen LogP contribution in [0.3, 0.4) is 0 Å². The Morgan fingerprint density at radius 1 is 1.06 bits per heavy atom. The number of nitrogens with zero attached hydrogens (tertiary/aromatic N) is 3. The minimum atomic E-state index is -0.418. The van der Waals surface area contributed by atoms with E-state index in [-0.39, 0.29) is 5.91 Å². The standard InChI is InChI=1S/C23H24FN3O3S/c1-15-21(25-22(31-15)20-18(24)8-5-9-19(20)30-3)23(28)27-12-10-26(11-13-27)16-6-4-7-17(14-16)29-2/h4-9,14H,10-13H2,1-3H3. The fraction of sp³-hybridized carbons (Fsp3) is 0.304. The summed E-state index contributed by atoms with van der Waals surface area (Å²) in [6, 6.07) is 12.6. The number of methoxy groups -OCH3 is 2. The van der Waals surface area contributed by atoms with Crippen LogP contribution in [0.1, 0.15) is 15.4 Å². The van der Waals surface area contributed by atoms with Gasteiger partial charge in [0.05, 0.1) is 19.8 Å². The molecule has 1 amide bonds. The molecule has 31 heavy (non-hydrogen) atoms. The second-order valence-electron chi connectivity index (χ2n) is 7.22. The van der Waals surface area contributed by atoms with Crippen LogP contribution in [-0.4, -0.2) is 56.2 Å². The number of hydrogen-bond donors (Lipinski definition) is 0. The Bertz CT molecular complexity index is 1090. The molecule has 0 spiro atoms. The van der Waals surface area contributed by atoms with Crippen LogP contribution < -0.4 is 14.4 Å². The zero-order chi connectivity index (χ0) is 22.0. The van der Waals surface area contributed by atoms with Crippen LogP contribution in [0, 0.1) is 12.7 Å². The molecule has 4 rings (SSSR count). The zero-order valence-corrected chi connectivity index (χ0v) is 18.5. The van der Waals surface area contributed by atoms with Crippen molar-refractivity contribution in [3.8, 4) is 22.1 Å². The predicted octanol–water partition coefficient (Wildman–Crippen LogP) is 4.24. The molecule has 1 aromatic heterocycles. The van der Waals surface area contributed by atoms with Crippen molar-refractivity contribution >= 4 is 22.9 Å². The highest BCUT2D eigenvalue weighted by atomic mass is 32.1. The summed E-state index contributed by atoms with van der Waals surface area (Å²) in [6.45, 7) is 4.46. The van der Waals surface area contributed by atoms with Crippen LogP contribution >= 0.6 is 11.3 Å². The molecule has 8 heteroatoms. The van der Waals surface area contributed by atoms with Gasteiger partial charge in [-0.2, -0.15) is 0 Å². The number of aromatic nitrogens is 1. The molecule has 6 nitrogen and oxygen atoms in total. The van der Waals surface area contributed by atoms with Gasteiger partial charge >= 0.3 is 0 Å². The van der Waals surface area contributed by atoms with Gasteiger partial charge in [0.1, 0.15) is 28.0 Å². The molecular weight excluding hydrogens is 417 g/mol. The number of anilines is 1. The van der Waals surface area contributed by atoms with Crippen LogP contribution in [0.4, 0.5) is 10.1 Å². The third-order valence-electron chi connectivity index (χ3n) is 5.39. The van der Waals surface area contributed by atoms with E-state index in [9.17, 15) is 9.18 Å². The highest BCUT2D eigenvalue weighted by Gasteiger charge is 2.27. The van der Waals surface area contributed by atoms with Gasteiger partial charge in [-0.3, -0.25) is 4.79 Å². The Morgan fingerprint density at radius 3 is 2.52 bits per heavy atom. The van der Waals surface area contributed by atoms with Gasteiger partial charge < -0.3 is 19.3 Å². The topological polar surface area (TPSA) is 54.9 Å². The first-order valence-corrected chi connectivity index (χ1v) is 10.8. The Kier molecular flexibility index (Phi) is 6.08. The lowest BCUT2D eigenvalue weighted by atomic mass is 10.2. The number of hydrogen-bond acceptors (Lipinski definition) is 6. The highest BCUT2D eigenvalue weighted by molar-refractivity contribution is 7.15. The molecule has 0 bridgehead atoms. The number of rotatable bonds is 5. The van der Waals surface area contributed by atoms with E-state index in [2.05, 4.69) is 9.88 Å². The van der Waals surface area contributed by atoms with E-state index < -0.39 is 5.82 Å². The molecule has 3 aromatic rings. The third kappa shape index (κ3) is 4.20. The van der Waals surface area contributed by atoms with Crippen LogP contribution in [0.25, 0.3) is 10.6 Å². The predicted molar refractivity (Wildman–Crippen MR) is 120 cm³/mol. The lowest BCUT2D eigenvalue weighted by molar-refractivity contribution is 0.0741. The summed E-state index contributed by atoms with van der Waals surface area (Å²) >= 11 is 1.30. The summed E-state index contributed by atoms with van der Waals surface area (Å²) in [4.78, 5) is 22.5. The van der Waals surface area contributed by atoms with E-state index >= 15 is 0 Å². The molecule has 0 unspecified atom stereocenters. The molecule has 1 aliphatic heterocycles. The Morgan fingerprint density at radius 2 is 1.81 bits per heavy atom. The smallest absolute Gasteiger partial charge is 0.273 e. The number of thiazole rings is 1. The van der Waals surface area contributed by atoms with Crippen LogP contribution in [0.15, 0.2) is 42.5 Å². The van der Waals surface area contributed by atoms with Crippen molar-refractivity contribution in [1.29, 1.82) is 0 Å². The third-order valence-corrected chi connectivity index (χ3v) is 6.38. The molecule has 0 atom stereocenters. The molecule has 0 radical (unpaired) electrons. The van der Waals surface area contributed by atoms with Crippen molar-refractivity contribution in [3.63, 3.8) is 0 Å².